The van der Waals surface area contributed by atoms with Crippen molar-refractivity contribution in [2.75, 3.05) is 23.9 Å². The number of cyclic esters (lactones) is 1. The fourth-order valence-electron chi connectivity index (χ4n) is 4.31. The van der Waals surface area contributed by atoms with Crippen LogP contribution in [0.4, 0.5) is 11.6 Å². The summed E-state index contributed by atoms with van der Waals surface area (Å²) in [5.41, 5.74) is 7.47. The molecule has 4 heterocycles. The zero-order valence-corrected chi connectivity index (χ0v) is 23.5. The molecule has 0 saturated carbocycles. The second-order valence-electron chi connectivity index (χ2n) is 10.7. The molecule has 0 unspecified atom stereocenters. The zero-order chi connectivity index (χ0) is 27.9. The predicted octanol–water partition coefficient (Wildman–Crippen LogP) is 4.00. The number of nitrogens with two attached hydrogens (primary N) is 1. The van der Waals surface area contributed by atoms with Gasteiger partial charge in [-0.1, -0.05) is 20.8 Å². The fraction of sp³-hybridized carbons (Fsp3) is 0.481. The van der Waals surface area contributed by atoms with Gasteiger partial charge in [0.15, 0.2) is 0 Å². The van der Waals surface area contributed by atoms with Gasteiger partial charge in [0.1, 0.15) is 27.6 Å². The Hall–Kier alpha value is -3.31. The first-order chi connectivity index (χ1) is 17.7. The van der Waals surface area contributed by atoms with Gasteiger partial charge in [-0.2, -0.15) is 0 Å². The number of hydrogen-bond donors (Lipinski definition) is 2. The molecule has 0 amide bonds. The summed E-state index contributed by atoms with van der Waals surface area (Å²) < 4.78 is 34.2. The van der Waals surface area contributed by atoms with E-state index in [-0.39, 0.29) is 24.4 Å². The van der Waals surface area contributed by atoms with Gasteiger partial charge in [-0.15, -0.1) is 0 Å². The lowest BCUT2D eigenvalue weighted by atomic mass is 9.79. The number of nitrogens with one attached hydrogen (secondary N) is 1. The molecule has 3 aromatic heterocycles. The minimum atomic E-state index is -3.07. The Morgan fingerprint density at radius 2 is 1.92 bits per heavy atom. The maximum atomic E-state index is 12.4. The van der Waals surface area contributed by atoms with E-state index in [1.807, 2.05) is 40.7 Å². The van der Waals surface area contributed by atoms with Crippen LogP contribution in [0.3, 0.4) is 0 Å². The van der Waals surface area contributed by atoms with Gasteiger partial charge >= 0.3 is 5.97 Å². The summed E-state index contributed by atoms with van der Waals surface area (Å²) in [4.78, 5) is 26.2. The molecule has 0 aliphatic carbocycles. The molecule has 0 aromatic carbocycles. The number of aromatic nitrogens is 3. The molecular weight excluding hydrogens is 506 g/mol. The van der Waals surface area contributed by atoms with Crippen LogP contribution in [0, 0.1) is 0 Å². The summed E-state index contributed by atoms with van der Waals surface area (Å²) in [6.45, 7) is 10.0. The van der Waals surface area contributed by atoms with Crippen molar-refractivity contribution in [1.82, 2.24) is 15.0 Å². The largest absolute Gasteiger partial charge is 0.477 e. The lowest BCUT2D eigenvalue weighted by Gasteiger charge is -2.36. The van der Waals surface area contributed by atoms with Gasteiger partial charge in [0.2, 0.25) is 5.88 Å². The van der Waals surface area contributed by atoms with Crippen LogP contribution in [0.2, 0.25) is 0 Å². The Morgan fingerprint density at radius 1 is 1.18 bits per heavy atom. The van der Waals surface area contributed by atoms with Crippen LogP contribution in [0.25, 0.3) is 10.8 Å². The minimum absolute atomic E-state index is 0.0348. The molecule has 1 aliphatic heterocycles. The Labute approximate surface area is 223 Å². The van der Waals surface area contributed by atoms with E-state index in [2.05, 4.69) is 15.3 Å². The highest BCUT2D eigenvalue weighted by atomic mass is 32.2. The first kappa shape index (κ1) is 27.7. The Morgan fingerprint density at radius 3 is 2.61 bits per heavy atom. The number of carbonyl (C=O) groups excluding carboxylic acids is 1. The third kappa shape index (κ3) is 5.58. The zero-order valence-electron chi connectivity index (χ0n) is 22.7. The summed E-state index contributed by atoms with van der Waals surface area (Å²) in [6, 6.07) is 5.31. The van der Waals surface area contributed by atoms with E-state index >= 15 is 0 Å². The SMILES string of the molecule is CC[C@@](C)(N)c1cnc(OCCCS(C)(=O)=O)c2cnc(Nc3ccc4c(n3)C(C)(C)[C@H](C)OC4=O)cc12. The smallest absolute Gasteiger partial charge is 0.340 e. The molecule has 0 bridgehead atoms. The highest BCUT2D eigenvalue weighted by Crippen LogP contribution is 2.37. The summed E-state index contributed by atoms with van der Waals surface area (Å²) in [6.07, 6.45) is 5.28. The van der Waals surface area contributed by atoms with Gasteiger partial charge in [-0.25, -0.2) is 28.2 Å². The summed E-state index contributed by atoms with van der Waals surface area (Å²) in [5.74, 6) is 1.11. The molecule has 4 rings (SSSR count). The Kier molecular flexibility index (Phi) is 7.37. The van der Waals surface area contributed by atoms with Crippen LogP contribution < -0.4 is 15.8 Å². The highest BCUT2D eigenvalue weighted by molar-refractivity contribution is 7.90. The molecule has 38 heavy (non-hydrogen) atoms. The second kappa shape index (κ2) is 10.1. The number of ether oxygens (including phenoxy) is 2. The number of rotatable bonds is 9. The van der Waals surface area contributed by atoms with Gasteiger partial charge in [0, 0.05) is 29.6 Å². The van der Waals surface area contributed by atoms with Crippen molar-refractivity contribution in [3.63, 3.8) is 0 Å². The summed E-state index contributed by atoms with van der Waals surface area (Å²) >= 11 is 0. The molecule has 1 aliphatic rings. The van der Waals surface area contributed by atoms with E-state index in [9.17, 15) is 13.2 Å². The summed E-state index contributed by atoms with van der Waals surface area (Å²) in [5, 5.41) is 4.75. The van der Waals surface area contributed by atoms with E-state index in [1.165, 1.54) is 6.26 Å². The quantitative estimate of drug-likeness (QED) is 0.301. The average molecular weight is 542 g/mol. The maximum Gasteiger partial charge on any atom is 0.340 e. The van der Waals surface area contributed by atoms with Crippen molar-refractivity contribution in [2.45, 2.75) is 64.5 Å². The average Bonchev–Trinajstić information content (AvgIpc) is 2.84. The van der Waals surface area contributed by atoms with Gasteiger partial charge in [0.05, 0.1) is 29.0 Å². The van der Waals surface area contributed by atoms with Crippen LogP contribution in [-0.2, 0) is 25.5 Å². The number of anilines is 2. The topological polar surface area (TPSA) is 146 Å². The number of sulfone groups is 1. The fourth-order valence-corrected chi connectivity index (χ4v) is 4.95. The van der Waals surface area contributed by atoms with E-state index in [0.717, 1.165) is 10.9 Å². The van der Waals surface area contributed by atoms with Crippen LogP contribution in [0.1, 0.15) is 69.1 Å². The number of nitrogens with zero attached hydrogens (tertiary/aromatic N) is 3. The Bertz CT molecular complexity index is 1490. The van der Waals surface area contributed by atoms with Crippen LogP contribution in [-0.4, -0.2) is 54.1 Å². The molecule has 3 aromatic rings. The molecule has 0 spiro atoms. The van der Waals surface area contributed by atoms with Crippen molar-refractivity contribution in [1.29, 1.82) is 0 Å². The van der Waals surface area contributed by atoms with E-state index < -0.39 is 20.8 Å². The van der Waals surface area contributed by atoms with Crippen molar-refractivity contribution >= 4 is 38.2 Å². The van der Waals surface area contributed by atoms with E-state index in [0.29, 0.717) is 47.0 Å². The van der Waals surface area contributed by atoms with Crippen LogP contribution in [0.5, 0.6) is 5.88 Å². The van der Waals surface area contributed by atoms with Crippen LogP contribution in [0.15, 0.2) is 30.6 Å². The normalized spacial score (nSPS) is 18.4. The molecule has 10 nitrogen and oxygen atoms in total. The highest BCUT2D eigenvalue weighted by Gasteiger charge is 2.41. The van der Waals surface area contributed by atoms with E-state index in [1.54, 1.807) is 24.5 Å². The van der Waals surface area contributed by atoms with Gasteiger partial charge in [0.25, 0.3) is 0 Å². The Balaban J connectivity index is 1.70. The first-order valence-corrected chi connectivity index (χ1v) is 14.7. The molecule has 3 N–H and O–H groups in total. The summed E-state index contributed by atoms with van der Waals surface area (Å²) in [7, 11) is -3.07. The van der Waals surface area contributed by atoms with Crippen molar-refractivity contribution in [2.24, 2.45) is 5.73 Å². The number of carbonyl (C=O) groups is 1. The number of pyridine rings is 3. The molecule has 11 heteroatoms. The van der Waals surface area contributed by atoms with E-state index in [4.69, 9.17) is 20.2 Å². The number of hydrogen-bond acceptors (Lipinski definition) is 10. The van der Waals surface area contributed by atoms with Gasteiger partial charge in [-0.05, 0) is 55.8 Å². The standard InChI is InChI=1S/C27H35N5O5S/c1-7-27(5,28)20-15-30-24(36-11-8-12-38(6,34)35)19-14-29-22(13-18(19)20)31-21-10-9-17-23(32-21)26(3,4)16(2)37-25(17)33/h9-10,13-16H,7-8,11-12,28H2,1-6H3,(H,29,31,32)/t16-,27+/m0/s1. The molecular formula is C27H35N5O5S. The third-order valence-electron chi connectivity index (χ3n) is 7.27. The third-order valence-corrected chi connectivity index (χ3v) is 8.30. The van der Waals surface area contributed by atoms with Crippen molar-refractivity contribution in [3.8, 4) is 5.88 Å². The molecule has 0 radical (unpaired) electrons. The predicted molar refractivity (Wildman–Crippen MR) is 147 cm³/mol. The van der Waals surface area contributed by atoms with Gasteiger partial charge in [-0.3, -0.25) is 0 Å². The molecule has 204 valence electrons. The molecule has 0 saturated heterocycles. The van der Waals surface area contributed by atoms with Crippen LogP contribution >= 0.6 is 0 Å². The second-order valence-corrected chi connectivity index (χ2v) is 12.9. The van der Waals surface area contributed by atoms with Gasteiger partial charge < -0.3 is 20.5 Å². The van der Waals surface area contributed by atoms with Crippen molar-refractivity contribution in [3.05, 3.63) is 47.4 Å². The monoisotopic (exact) mass is 541 g/mol. The van der Waals surface area contributed by atoms with Crippen molar-refractivity contribution < 1.29 is 22.7 Å². The molecule has 0 fully saturated rings. The maximum absolute atomic E-state index is 12.4. The lowest BCUT2D eigenvalue weighted by Crippen LogP contribution is -2.42. The number of esters is 1. The lowest BCUT2D eigenvalue weighted by molar-refractivity contribution is 0.00864. The minimum Gasteiger partial charge on any atom is -0.477 e. The first-order valence-electron chi connectivity index (χ1n) is 12.6. The number of fused-ring (bicyclic) bond motifs is 2. The molecule has 2 atom stereocenters.